The highest BCUT2D eigenvalue weighted by atomic mass is 32.2. The minimum absolute atomic E-state index is 0.0160. The van der Waals surface area contributed by atoms with Crippen molar-refractivity contribution in [3.63, 3.8) is 0 Å². The first-order valence-electron chi connectivity index (χ1n) is 12.1. The number of aromatic nitrogens is 2. The number of carbonyl (C=O) groups excluding carboxylic acids is 2. The minimum Gasteiger partial charge on any atom is -0.355 e. The Bertz CT molecular complexity index is 1500. The molecule has 186 valence electrons. The van der Waals surface area contributed by atoms with Crippen molar-refractivity contribution in [2.24, 2.45) is 0 Å². The van der Waals surface area contributed by atoms with E-state index in [0.29, 0.717) is 38.9 Å². The Labute approximate surface area is 209 Å². The maximum atomic E-state index is 14.1. The third kappa shape index (κ3) is 3.58. The van der Waals surface area contributed by atoms with Crippen LogP contribution in [0.15, 0.2) is 48.9 Å². The summed E-state index contributed by atoms with van der Waals surface area (Å²) in [6.07, 6.45) is 7.67. The largest absolute Gasteiger partial charge is 0.355 e. The SMILES string of the molecule is CS(=O)(=O)N1CCC2(CC1)C(=O)N(Cc1ncc3ccccc3c1C1CNC(=O)C1)c1cnccc12. The highest BCUT2D eigenvalue weighted by Gasteiger charge is 2.53. The van der Waals surface area contributed by atoms with Gasteiger partial charge in [0.25, 0.3) is 0 Å². The lowest BCUT2D eigenvalue weighted by atomic mass is 9.74. The van der Waals surface area contributed by atoms with Gasteiger partial charge in [0.1, 0.15) is 0 Å². The first kappa shape index (κ1) is 23.1. The van der Waals surface area contributed by atoms with E-state index in [1.807, 2.05) is 36.5 Å². The Morgan fingerprint density at radius 3 is 2.61 bits per heavy atom. The lowest BCUT2D eigenvalue weighted by molar-refractivity contribution is -0.124. The molecule has 6 rings (SSSR count). The van der Waals surface area contributed by atoms with Crippen LogP contribution in [0.2, 0.25) is 0 Å². The van der Waals surface area contributed by atoms with Gasteiger partial charge in [-0.2, -0.15) is 0 Å². The van der Waals surface area contributed by atoms with Crippen LogP contribution in [-0.2, 0) is 31.6 Å². The van der Waals surface area contributed by atoms with Crippen molar-refractivity contribution in [2.75, 3.05) is 30.8 Å². The molecule has 2 aromatic heterocycles. The predicted octanol–water partition coefficient (Wildman–Crippen LogP) is 2.07. The van der Waals surface area contributed by atoms with E-state index in [0.717, 1.165) is 33.3 Å². The van der Waals surface area contributed by atoms with E-state index >= 15 is 0 Å². The summed E-state index contributed by atoms with van der Waals surface area (Å²) in [6.45, 7) is 1.41. The molecule has 5 heterocycles. The van der Waals surface area contributed by atoms with Gasteiger partial charge in [0.05, 0.1) is 35.8 Å². The minimum atomic E-state index is -3.32. The Morgan fingerprint density at radius 2 is 1.89 bits per heavy atom. The molecule has 0 radical (unpaired) electrons. The molecule has 1 unspecified atom stereocenters. The second-order valence-corrected chi connectivity index (χ2v) is 11.9. The smallest absolute Gasteiger partial charge is 0.238 e. The van der Waals surface area contributed by atoms with Gasteiger partial charge in [-0.1, -0.05) is 24.3 Å². The van der Waals surface area contributed by atoms with Gasteiger partial charge in [-0.3, -0.25) is 19.6 Å². The zero-order chi connectivity index (χ0) is 25.1. The molecule has 3 aliphatic rings. The fourth-order valence-electron chi connectivity index (χ4n) is 6.10. The van der Waals surface area contributed by atoms with Crippen molar-refractivity contribution in [2.45, 2.75) is 37.1 Å². The normalized spacial score (nSPS) is 21.8. The van der Waals surface area contributed by atoms with E-state index in [9.17, 15) is 18.0 Å². The molecule has 2 fully saturated rings. The van der Waals surface area contributed by atoms with Gasteiger partial charge >= 0.3 is 0 Å². The van der Waals surface area contributed by atoms with Crippen molar-refractivity contribution in [1.29, 1.82) is 0 Å². The van der Waals surface area contributed by atoms with Crippen LogP contribution in [0.4, 0.5) is 5.69 Å². The number of nitrogens with zero attached hydrogens (tertiary/aromatic N) is 4. The van der Waals surface area contributed by atoms with Crippen molar-refractivity contribution >= 4 is 38.3 Å². The summed E-state index contributed by atoms with van der Waals surface area (Å²) >= 11 is 0. The van der Waals surface area contributed by atoms with Crippen LogP contribution in [0.1, 0.15) is 42.0 Å². The van der Waals surface area contributed by atoms with Gasteiger partial charge in [0, 0.05) is 49.8 Å². The van der Waals surface area contributed by atoms with E-state index in [4.69, 9.17) is 4.98 Å². The molecule has 2 saturated heterocycles. The molecule has 36 heavy (non-hydrogen) atoms. The molecule has 1 spiro atoms. The number of pyridine rings is 2. The van der Waals surface area contributed by atoms with Gasteiger partial charge in [-0.05, 0) is 35.4 Å². The Balaban J connectivity index is 1.40. The summed E-state index contributed by atoms with van der Waals surface area (Å²) in [7, 11) is -3.32. The Hall–Kier alpha value is -3.37. The highest BCUT2D eigenvalue weighted by molar-refractivity contribution is 7.88. The zero-order valence-electron chi connectivity index (χ0n) is 20.0. The summed E-state index contributed by atoms with van der Waals surface area (Å²) in [4.78, 5) is 37.0. The van der Waals surface area contributed by atoms with E-state index in [1.54, 1.807) is 17.3 Å². The van der Waals surface area contributed by atoms with E-state index in [-0.39, 0.29) is 24.3 Å². The van der Waals surface area contributed by atoms with Gasteiger partial charge < -0.3 is 10.2 Å². The maximum Gasteiger partial charge on any atom is 0.238 e. The number of carbonyl (C=O) groups is 2. The molecule has 3 aliphatic heterocycles. The van der Waals surface area contributed by atoms with Crippen molar-refractivity contribution in [3.8, 4) is 0 Å². The van der Waals surface area contributed by atoms with Crippen molar-refractivity contribution in [3.05, 3.63) is 65.7 Å². The maximum absolute atomic E-state index is 14.1. The Kier molecular flexibility index (Phi) is 5.34. The van der Waals surface area contributed by atoms with E-state index in [2.05, 4.69) is 10.3 Å². The summed E-state index contributed by atoms with van der Waals surface area (Å²) in [5, 5.41) is 4.97. The summed E-state index contributed by atoms with van der Waals surface area (Å²) in [5.41, 5.74) is 2.63. The molecular formula is C26H27N5O4S. The average Bonchev–Trinajstić information content (AvgIpc) is 3.39. The summed E-state index contributed by atoms with van der Waals surface area (Å²) in [5.74, 6) is -0.0495. The molecule has 1 atom stereocenters. The van der Waals surface area contributed by atoms with Crippen molar-refractivity contribution < 1.29 is 18.0 Å². The van der Waals surface area contributed by atoms with Crippen LogP contribution >= 0.6 is 0 Å². The third-order valence-corrected chi connectivity index (χ3v) is 9.22. The second-order valence-electron chi connectivity index (χ2n) is 9.94. The van der Waals surface area contributed by atoms with Crippen LogP contribution in [0, 0.1) is 0 Å². The van der Waals surface area contributed by atoms with Crippen LogP contribution in [0.25, 0.3) is 10.8 Å². The summed E-state index contributed by atoms with van der Waals surface area (Å²) in [6, 6.07) is 9.87. The molecule has 1 N–H and O–H groups in total. The molecule has 0 saturated carbocycles. The monoisotopic (exact) mass is 505 g/mol. The van der Waals surface area contributed by atoms with Gasteiger partial charge in [0.15, 0.2) is 0 Å². The molecule has 0 bridgehead atoms. The number of hydrogen-bond donors (Lipinski definition) is 1. The van der Waals surface area contributed by atoms with Gasteiger partial charge in [-0.25, -0.2) is 12.7 Å². The molecular weight excluding hydrogens is 478 g/mol. The number of amides is 2. The average molecular weight is 506 g/mol. The number of nitrogens with one attached hydrogen (secondary N) is 1. The number of benzene rings is 1. The summed E-state index contributed by atoms with van der Waals surface area (Å²) < 4.78 is 25.6. The molecule has 1 aromatic carbocycles. The quantitative estimate of drug-likeness (QED) is 0.581. The number of fused-ring (bicyclic) bond motifs is 3. The molecule has 3 aromatic rings. The molecule has 0 aliphatic carbocycles. The van der Waals surface area contributed by atoms with Gasteiger partial charge in [0.2, 0.25) is 21.8 Å². The van der Waals surface area contributed by atoms with Gasteiger partial charge in [-0.15, -0.1) is 0 Å². The van der Waals surface area contributed by atoms with Crippen LogP contribution < -0.4 is 10.2 Å². The zero-order valence-corrected chi connectivity index (χ0v) is 20.8. The fourth-order valence-corrected chi connectivity index (χ4v) is 6.94. The molecule has 9 nitrogen and oxygen atoms in total. The second kappa shape index (κ2) is 8.35. The topological polar surface area (TPSA) is 113 Å². The molecule has 10 heteroatoms. The number of hydrogen-bond acceptors (Lipinski definition) is 6. The Morgan fingerprint density at radius 1 is 1.11 bits per heavy atom. The lowest BCUT2D eigenvalue weighted by Gasteiger charge is -2.37. The lowest BCUT2D eigenvalue weighted by Crippen LogP contribution is -2.49. The van der Waals surface area contributed by atoms with Crippen LogP contribution in [0.5, 0.6) is 0 Å². The third-order valence-electron chi connectivity index (χ3n) is 7.92. The van der Waals surface area contributed by atoms with Crippen LogP contribution in [-0.4, -0.2) is 60.4 Å². The standard InChI is InChI=1S/C26H27N5O4S/c1-36(34,35)30-10-7-26(8-11-30)20-6-9-27-15-22(20)31(25(26)33)16-21-24(18-12-23(32)29-14-18)19-5-3-2-4-17(19)13-28-21/h2-6,9,13,15,18H,7-8,10-12,14,16H2,1H3,(H,29,32). The van der Waals surface area contributed by atoms with Crippen molar-refractivity contribution in [1.82, 2.24) is 19.6 Å². The first-order chi connectivity index (χ1) is 17.3. The number of piperidine rings is 1. The first-order valence-corrected chi connectivity index (χ1v) is 14.0. The number of rotatable bonds is 4. The van der Waals surface area contributed by atoms with E-state index in [1.165, 1.54) is 10.6 Å². The highest BCUT2D eigenvalue weighted by Crippen LogP contribution is 2.48. The number of sulfonamides is 1. The van der Waals surface area contributed by atoms with Crippen LogP contribution in [0.3, 0.4) is 0 Å². The predicted molar refractivity (Wildman–Crippen MR) is 135 cm³/mol. The van der Waals surface area contributed by atoms with E-state index < -0.39 is 15.4 Å². The number of anilines is 1. The fraction of sp³-hybridized carbons (Fsp3) is 0.385. The molecule has 2 amide bonds.